The lowest BCUT2D eigenvalue weighted by molar-refractivity contribution is 0.284. The van der Waals surface area contributed by atoms with E-state index < -0.39 is 0 Å². The van der Waals surface area contributed by atoms with Gasteiger partial charge >= 0.3 is 0 Å². The van der Waals surface area contributed by atoms with Gasteiger partial charge in [0.2, 0.25) is 0 Å². The van der Waals surface area contributed by atoms with Crippen molar-refractivity contribution in [3.8, 4) is 17.6 Å². The minimum absolute atomic E-state index is 0.301. The second-order valence-corrected chi connectivity index (χ2v) is 7.91. The number of hydrogen-bond donors (Lipinski definition) is 0. The van der Waals surface area contributed by atoms with Crippen molar-refractivity contribution in [1.29, 1.82) is 5.26 Å². The summed E-state index contributed by atoms with van der Waals surface area (Å²) in [6, 6.07) is 18.0. The molecule has 0 saturated carbocycles. The number of nitriles is 1. The maximum atomic E-state index is 9.59. The summed E-state index contributed by atoms with van der Waals surface area (Å²) in [4.78, 5) is 0. The molecule has 0 aliphatic carbocycles. The van der Waals surface area contributed by atoms with Gasteiger partial charge < -0.3 is 9.47 Å². The molecule has 0 aliphatic heterocycles. The third-order valence-corrected chi connectivity index (χ3v) is 5.48. The third kappa shape index (κ3) is 5.41. The Morgan fingerprint density at radius 3 is 2.30 bits per heavy atom. The Kier molecular flexibility index (Phi) is 7.53. The first-order valence-electron chi connectivity index (χ1n) is 8.73. The van der Waals surface area contributed by atoms with E-state index in [0.29, 0.717) is 54.9 Å². The molecule has 0 bridgehead atoms. The van der Waals surface area contributed by atoms with Crippen LogP contribution in [0.3, 0.4) is 0 Å². The highest BCUT2D eigenvalue weighted by Crippen LogP contribution is 2.38. The highest BCUT2D eigenvalue weighted by Gasteiger charge is 2.13. The maximum absolute atomic E-state index is 9.59. The second-order valence-electron chi connectivity index (χ2n) is 6.25. The summed E-state index contributed by atoms with van der Waals surface area (Å²) in [5, 5.41) is 11.4. The molecule has 0 spiro atoms. The molecule has 0 unspecified atom stereocenters. The van der Waals surface area contributed by atoms with Crippen LogP contribution in [0.1, 0.15) is 16.7 Å². The van der Waals surface area contributed by atoms with Crippen molar-refractivity contribution in [2.45, 2.75) is 6.61 Å². The van der Waals surface area contributed by atoms with Crippen LogP contribution >= 0.6 is 46.4 Å². The summed E-state index contributed by atoms with van der Waals surface area (Å²) in [6.07, 6.45) is 1.69. The molecular weight excluding hydrogens is 464 g/mol. The Hall–Kier alpha value is -2.35. The van der Waals surface area contributed by atoms with Gasteiger partial charge in [0.1, 0.15) is 6.61 Å². The molecule has 7 heteroatoms. The fourth-order valence-electron chi connectivity index (χ4n) is 2.71. The van der Waals surface area contributed by atoms with Crippen molar-refractivity contribution in [2.75, 3.05) is 7.11 Å². The van der Waals surface area contributed by atoms with Gasteiger partial charge in [0, 0.05) is 5.02 Å². The smallest absolute Gasteiger partial charge is 0.180 e. The normalized spacial score (nSPS) is 11.1. The summed E-state index contributed by atoms with van der Waals surface area (Å²) < 4.78 is 11.3. The first-order chi connectivity index (χ1) is 14.4. The maximum Gasteiger partial charge on any atom is 0.180 e. The zero-order chi connectivity index (χ0) is 21.7. The quantitative estimate of drug-likeness (QED) is 0.266. The van der Waals surface area contributed by atoms with Crippen LogP contribution in [0.25, 0.3) is 11.6 Å². The van der Waals surface area contributed by atoms with Crippen LogP contribution in [0.2, 0.25) is 20.1 Å². The number of rotatable bonds is 6. The Morgan fingerprint density at radius 2 is 1.67 bits per heavy atom. The molecule has 0 fully saturated rings. The van der Waals surface area contributed by atoms with E-state index in [1.165, 1.54) is 7.11 Å². The Balaban J connectivity index is 1.90. The van der Waals surface area contributed by atoms with Crippen LogP contribution in [-0.2, 0) is 6.61 Å². The van der Waals surface area contributed by atoms with E-state index in [-0.39, 0.29) is 0 Å². The predicted molar refractivity (Wildman–Crippen MR) is 124 cm³/mol. The molecule has 0 atom stereocenters. The van der Waals surface area contributed by atoms with E-state index in [9.17, 15) is 5.26 Å². The number of allylic oxidation sites excluding steroid dienone is 1. The fraction of sp³-hybridized carbons (Fsp3) is 0.0870. The Labute approximate surface area is 195 Å². The standard InChI is InChI=1S/C23H15Cl4NO2/c1-29-22-10-15(8-17(12-28)16-4-7-19(25)20(26)11-16)9-21(27)23(22)30-13-14-2-5-18(24)6-3-14/h2-11H,13H2,1H3/b17-8-. The SMILES string of the molecule is COc1cc(/C=C(/C#N)c2ccc(Cl)c(Cl)c2)cc(Cl)c1OCc1ccc(Cl)cc1. The van der Waals surface area contributed by atoms with E-state index in [0.717, 1.165) is 5.56 Å². The van der Waals surface area contributed by atoms with Crippen LogP contribution in [0.4, 0.5) is 0 Å². The molecule has 3 aromatic rings. The van der Waals surface area contributed by atoms with E-state index in [1.807, 2.05) is 12.1 Å². The van der Waals surface area contributed by atoms with Gasteiger partial charge in [0.15, 0.2) is 11.5 Å². The zero-order valence-electron chi connectivity index (χ0n) is 15.8. The molecule has 30 heavy (non-hydrogen) atoms. The van der Waals surface area contributed by atoms with Gasteiger partial charge in [-0.05, 0) is 59.2 Å². The average Bonchev–Trinajstić information content (AvgIpc) is 2.74. The fourth-order valence-corrected chi connectivity index (χ4v) is 3.41. The average molecular weight is 479 g/mol. The van der Waals surface area contributed by atoms with Gasteiger partial charge in [-0.2, -0.15) is 5.26 Å². The molecule has 3 rings (SSSR count). The topological polar surface area (TPSA) is 42.2 Å². The van der Waals surface area contributed by atoms with Crippen molar-refractivity contribution in [1.82, 2.24) is 0 Å². The summed E-state index contributed by atoms with van der Waals surface area (Å²) in [6.45, 7) is 0.301. The largest absolute Gasteiger partial charge is 0.493 e. The minimum atomic E-state index is 0.301. The number of ether oxygens (including phenoxy) is 2. The van der Waals surface area contributed by atoms with Crippen molar-refractivity contribution >= 4 is 58.1 Å². The first-order valence-corrected chi connectivity index (χ1v) is 10.2. The van der Waals surface area contributed by atoms with Crippen molar-refractivity contribution in [2.24, 2.45) is 0 Å². The highest BCUT2D eigenvalue weighted by molar-refractivity contribution is 6.42. The van der Waals surface area contributed by atoms with Crippen LogP contribution in [0.5, 0.6) is 11.5 Å². The Morgan fingerprint density at radius 1 is 0.933 bits per heavy atom. The van der Waals surface area contributed by atoms with Crippen molar-refractivity contribution < 1.29 is 9.47 Å². The molecule has 0 amide bonds. The lowest BCUT2D eigenvalue weighted by Crippen LogP contribution is -1.99. The Bertz CT molecular complexity index is 1140. The molecule has 0 saturated heterocycles. The molecule has 3 aromatic carbocycles. The molecule has 152 valence electrons. The second kappa shape index (κ2) is 10.1. The molecule has 0 radical (unpaired) electrons. The van der Waals surface area contributed by atoms with Gasteiger partial charge in [0.05, 0.1) is 33.8 Å². The number of nitrogens with zero attached hydrogens (tertiary/aromatic N) is 1. The van der Waals surface area contributed by atoms with Gasteiger partial charge in [-0.1, -0.05) is 64.6 Å². The molecule has 0 N–H and O–H groups in total. The minimum Gasteiger partial charge on any atom is -0.493 e. The number of hydrogen-bond acceptors (Lipinski definition) is 3. The van der Waals surface area contributed by atoms with E-state index in [2.05, 4.69) is 6.07 Å². The molecule has 3 nitrogen and oxygen atoms in total. The van der Waals surface area contributed by atoms with Crippen molar-refractivity contribution in [3.63, 3.8) is 0 Å². The monoisotopic (exact) mass is 477 g/mol. The summed E-state index contributed by atoms with van der Waals surface area (Å²) >= 11 is 24.4. The van der Waals surface area contributed by atoms with E-state index in [1.54, 1.807) is 48.5 Å². The summed E-state index contributed by atoms with van der Waals surface area (Å²) in [7, 11) is 1.53. The zero-order valence-corrected chi connectivity index (χ0v) is 18.8. The molecule has 0 aliphatic rings. The van der Waals surface area contributed by atoms with Gasteiger partial charge in [-0.25, -0.2) is 0 Å². The van der Waals surface area contributed by atoms with Crippen LogP contribution in [0.15, 0.2) is 54.6 Å². The molecule has 0 heterocycles. The summed E-state index contributed by atoms with van der Waals surface area (Å²) in [5.74, 6) is 0.869. The highest BCUT2D eigenvalue weighted by atomic mass is 35.5. The summed E-state index contributed by atoms with van der Waals surface area (Å²) in [5.41, 5.74) is 2.66. The van der Waals surface area contributed by atoms with E-state index >= 15 is 0 Å². The van der Waals surface area contributed by atoms with Gasteiger partial charge in [0.25, 0.3) is 0 Å². The predicted octanol–water partition coefficient (Wildman–Crippen LogP) is 7.95. The molecule has 0 aromatic heterocycles. The first kappa shape index (κ1) is 22.3. The van der Waals surface area contributed by atoms with Gasteiger partial charge in [-0.15, -0.1) is 0 Å². The number of methoxy groups -OCH3 is 1. The van der Waals surface area contributed by atoms with Crippen LogP contribution in [-0.4, -0.2) is 7.11 Å². The number of halogens is 4. The van der Waals surface area contributed by atoms with Crippen molar-refractivity contribution in [3.05, 3.63) is 91.4 Å². The lowest BCUT2D eigenvalue weighted by Gasteiger charge is -2.14. The van der Waals surface area contributed by atoms with Gasteiger partial charge in [-0.3, -0.25) is 0 Å². The number of benzene rings is 3. The lowest BCUT2D eigenvalue weighted by atomic mass is 10.0. The van der Waals surface area contributed by atoms with E-state index in [4.69, 9.17) is 55.9 Å². The molecular formula is C23H15Cl4NO2. The van der Waals surface area contributed by atoms with Crippen LogP contribution < -0.4 is 9.47 Å². The van der Waals surface area contributed by atoms with Crippen LogP contribution in [0, 0.1) is 11.3 Å². The third-order valence-electron chi connectivity index (χ3n) is 4.21.